The highest BCUT2D eigenvalue weighted by molar-refractivity contribution is 5.28. The molecule has 1 aromatic carbocycles. The van der Waals surface area contributed by atoms with Crippen molar-refractivity contribution >= 4 is 0 Å². The van der Waals surface area contributed by atoms with Crippen molar-refractivity contribution in [2.75, 3.05) is 33.4 Å². The van der Waals surface area contributed by atoms with Crippen LogP contribution < -0.4 is 4.74 Å². The molecular weight excluding hydrogens is 306 g/mol. The number of aliphatic hydroxyl groups is 1. The average Bonchev–Trinajstić information content (AvgIpc) is 3.06. The first-order chi connectivity index (χ1) is 11.6. The zero-order valence-corrected chi connectivity index (χ0v) is 15.1. The van der Waals surface area contributed by atoms with E-state index in [1.54, 1.807) is 7.11 Å². The van der Waals surface area contributed by atoms with Gasteiger partial charge in [0.15, 0.2) is 0 Å². The molecule has 2 atom stereocenters. The molecule has 0 radical (unpaired) electrons. The summed E-state index contributed by atoms with van der Waals surface area (Å²) in [7, 11) is 1.68. The summed E-state index contributed by atoms with van der Waals surface area (Å²) in [4.78, 5) is 2.25. The van der Waals surface area contributed by atoms with Crippen LogP contribution in [0.5, 0.6) is 5.75 Å². The Morgan fingerprint density at radius 3 is 2.88 bits per heavy atom. The number of hydrogen-bond acceptors (Lipinski definition) is 5. The van der Waals surface area contributed by atoms with Crippen LogP contribution in [-0.2, 0) is 16.0 Å². The van der Waals surface area contributed by atoms with Crippen molar-refractivity contribution < 1.29 is 19.3 Å². The standard InChI is InChI=1S/C19H31NO4/c1-15(2)24-14-17(21)12-20(13-19-8-5-9-23-19)11-16-6-4-7-18(10-16)22-3/h4,6-7,10,15,17,19,21H,5,8-9,11-14H2,1-3H3/t17-,19-/m1/s1. The van der Waals surface area contributed by atoms with Crippen LogP contribution in [0.1, 0.15) is 32.3 Å². The molecule has 0 spiro atoms. The van der Waals surface area contributed by atoms with E-state index < -0.39 is 6.10 Å². The number of nitrogens with zero attached hydrogens (tertiary/aromatic N) is 1. The molecule has 1 aliphatic heterocycles. The molecule has 2 rings (SSSR count). The van der Waals surface area contributed by atoms with Crippen LogP contribution in [0.3, 0.4) is 0 Å². The maximum absolute atomic E-state index is 10.3. The zero-order valence-electron chi connectivity index (χ0n) is 15.1. The lowest BCUT2D eigenvalue weighted by atomic mass is 10.1. The maximum Gasteiger partial charge on any atom is 0.119 e. The number of hydrogen-bond donors (Lipinski definition) is 1. The number of aliphatic hydroxyl groups excluding tert-OH is 1. The van der Waals surface area contributed by atoms with Crippen molar-refractivity contribution in [3.05, 3.63) is 29.8 Å². The summed E-state index contributed by atoms with van der Waals surface area (Å²) < 4.78 is 16.6. The zero-order chi connectivity index (χ0) is 17.4. The fraction of sp³-hybridized carbons (Fsp3) is 0.684. The molecule has 1 saturated heterocycles. The third-order valence-electron chi connectivity index (χ3n) is 4.12. The van der Waals surface area contributed by atoms with E-state index in [4.69, 9.17) is 14.2 Å². The van der Waals surface area contributed by atoms with E-state index in [-0.39, 0.29) is 12.2 Å². The van der Waals surface area contributed by atoms with Gasteiger partial charge in [0.2, 0.25) is 0 Å². The van der Waals surface area contributed by atoms with Gasteiger partial charge in [0, 0.05) is 26.2 Å². The maximum atomic E-state index is 10.3. The molecule has 1 aliphatic rings. The Morgan fingerprint density at radius 1 is 1.38 bits per heavy atom. The van der Waals surface area contributed by atoms with Gasteiger partial charge in [0.1, 0.15) is 5.75 Å². The molecule has 24 heavy (non-hydrogen) atoms. The van der Waals surface area contributed by atoms with E-state index in [1.165, 1.54) is 5.56 Å². The van der Waals surface area contributed by atoms with Gasteiger partial charge in [-0.25, -0.2) is 0 Å². The molecule has 136 valence electrons. The fourth-order valence-electron chi connectivity index (χ4n) is 2.96. The summed E-state index contributed by atoms with van der Waals surface area (Å²) in [5, 5.41) is 10.3. The molecule has 5 nitrogen and oxygen atoms in total. The lowest BCUT2D eigenvalue weighted by Crippen LogP contribution is -2.39. The van der Waals surface area contributed by atoms with Crippen LogP contribution in [0.15, 0.2) is 24.3 Å². The molecule has 5 heteroatoms. The van der Waals surface area contributed by atoms with Gasteiger partial charge in [0.25, 0.3) is 0 Å². The topological polar surface area (TPSA) is 51.2 Å². The molecular formula is C19H31NO4. The van der Waals surface area contributed by atoms with Crippen molar-refractivity contribution in [3.8, 4) is 5.75 Å². The number of benzene rings is 1. The largest absolute Gasteiger partial charge is 0.497 e. The predicted octanol–water partition coefficient (Wildman–Crippen LogP) is 2.46. The summed E-state index contributed by atoms with van der Waals surface area (Å²) in [5.41, 5.74) is 1.17. The second kappa shape index (κ2) is 9.99. The molecule has 0 aromatic heterocycles. The second-order valence-electron chi connectivity index (χ2n) is 6.72. The SMILES string of the molecule is COc1cccc(CN(C[C@@H](O)COC(C)C)C[C@H]2CCCO2)c1. The quantitative estimate of drug-likeness (QED) is 0.711. The Hall–Kier alpha value is -1.14. The van der Waals surface area contributed by atoms with Crippen molar-refractivity contribution in [1.29, 1.82) is 0 Å². The summed E-state index contributed by atoms with van der Waals surface area (Å²) in [6, 6.07) is 8.07. The van der Waals surface area contributed by atoms with E-state index in [0.717, 1.165) is 38.3 Å². The van der Waals surface area contributed by atoms with E-state index in [2.05, 4.69) is 11.0 Å². The summed E-state index contributed by atoms with van der Waals surface area (Å²) >= 11 is 0. The highest BCUT2D eigenvalue weighted by Crippen LogP contribution is 2.18. The molecule has 1 aromatic rings. The normalized spacial score (nSPS) is 19.2. The molecule has 1 heterocycles. The summed E-state index contributed by atoms with van der Waals surface area (Å²) in [5.74, 6) is 0.855. The average molecular weight is 337 g/mol. The van der Waals surface area contributed by atoms with Gasteiger partial charge in [-0.05, 0) is 44.4 Å². The number of rotatable bonds is 10. The highest BCUT2D eigenvalue weighted by Gasteiger charge is 2.21. The minimum atomic E-state index is -0.501. The minimum absolute atomic E-state index is 0.129. The predicted molar refractivity (Wildman–Crippen MR) is 94.3 cm³/mol. The van der Waals surface area contributed by atoms with Crippen molar-refractivity contribution in [3.63, 3.8) is 0 Å². The fourth-order valence-corrected chi connectivity index (χ4v) is 2.96. The van der Waals surface area contributed by atoms with E-state index in [0.29, 0.717) is 13.2 Å². The Bertz CT molecular complexity index is 474. The lowest BCUT2D eigenvalue weighted by Gasteiger charge is -2.28. The van der Waals surface area contributed by atoms with Gasteiger partial charge in [-0.1, -0.05) is 12.1 Å². The smallest absolute Gasteiger partial charge is 0.119 e. The third kappa shape index (κ3) is 6.77. The van der Waals surface area contributed by atoms with Gasteiger partial charge in [-0.15, -0.1) is 0 Å². The molecule has 0 amide bonds. The Labute approximate surface area is 145 Å². The van der Waals surface area contributed by atoms with Crippen molar-refractivity contribution in [2.45, 2.75) is 51.5 Å². The second-order valence-corrected chi connectivity index (χ2v) is 6.72. The first-order valence-corrected chi connectivity index (χ1v) is 8.83. The molecule has 0 unspecified atom stereocenters. The van der Waals surface area contributed by atoms with E-state index >= 15 is 0 Å². The first kappa shape index (κ1) is 19.2. The lowest BCUT2D eigenvalue weighted by molar-refractivity contribution is -0.0172. The Morgan fingerprint density at radius 2 is 2.21 bits per heavy atom. The molecule has 1 N–H and O–H groups in total. The van der Waals surface area contributed by atoms with Crippen LogP contribution in [0.2, 0.25) is 0 Å². The summed E-state index contributed by atoms with van der Waals surface area (Å²) in [6.45, 7) is 7.32. The molecule has 0 aliphatic carbocycles. The first-order valence-electron chi connectivity index (χ1n) is 8.83. The van der Waals surface area contributed by atoms with Crippen LogP contribution in [-0.4, -0.2) is 61.7 Å². The van der Waals surface area contributed by atoms with Gasteiger partial charge >= 0.3 is 0 Å². The van der Waals surface area contributed by atoms with Gasteiger partial charge < -0.3 is 19.3 Å². The summed E-state index contributed by atoms with van der Waals surface area (Å²) in [6.07, 6.45) is 2.10. The van der Waals surface area contributed by atoms with Gasteiger partial charge in [-0.3, -0.25) is 4.90 Å². The number of ether oxygens (including phenoxy) is 3. The van der Waals surface area contributed by atoms with Gasteiger partial charge in [0.05, 0.1) is 32.0 Å². The Balaban J connectivity index is 1.95. The minimum Gasteiger partial charge on any atom is -0.497 e. The highest BCUT2D eigenvalue weighted by atomic mass is 16.5. The number of methoxy groups -OCH3 is 1. The Kier molecular flexibility index (Phi) is 7.99. The van der Waals surface area contributed by atoms with E-state index in [9.17, 15) is 5.11 Å². The van der Waals surface area contributed by atoms with Crippen LogP contribution in [0.25, 0.3) is 0 Å². The van der Waals surface area contributed by atoms with Crippen molar-refractivity contribution in [2.24, 2.45) is 0 Å². The molecule has 0 saturated carbocycles. The van der Waals surface area contributed by atoms with Crippen molar-refractivity contribution in [1.82, 2.24) is 4.90 Å². The van der Waals surface area contributed by atoms with Crippen LogP contribution >= 0.6 is 0 Å². The van der Waals surface area contributed by atoms with Crippen LogP contribution in [0.4, 0.5) is 0 Å². The monoisotopic (exact) mass is 337 g/mol. The molecule has 0 bridgehead atoms. The third-order valence-corrected chi connectivity index (χ3v) is 4.12. The van der Waals surface area contributed by atoms with Gasteiger partial charge in [-0.2, -0.15) is 0 Å². The molecule has 1 fully saturated rings. The van der Waals surface area contributed by atoms with Crippen LogP contribution in [0, 0.1) is 0 Å². The van der Waals surface area contributed by atoms with E-state index in [1.807, 2.05) is 32.0 Å².